The van der Waals surface area contributed by atoms with Crippen molar-refractivity contribution in [2.75, 3.05) is 32.8 Å². The number of carboxylic acids is 1. The maximum atomic E-state index is 11.8. The van der Waals surface area contributed by atoms with E-state index in [2.05, 4.69) is 58.5 Å². The first kappa shape index (κ1) is 37.1. The van der Waals surface area contributed by atoms with Gasteiger partial charge in [0.2, 0.25) is 0 Å². The van der Waals surface area contributed by atoms with Crippen LogP contribution in [0.25, 0.3) is 11.1 Å². The molecule has 2 heterocycles. The number of nitrogens with one attached hydrogen (secondary N) is 1. The number of carbonyl (C=O) groups is 1. The van der Waals surface area contributed by atoms with E-state index in [9.17, 15) is 20.3 Å². The number of halogens is 1. The largest absolute Gasteiger partial charge is 0.493 e. The first-order chi connectivity index (χ1) is 25.2. The Morgan fingerprint density at radius 2 is 1.87 bits per heavy atom. The third kappa shape index (κ3) is 8.51. The summed E-state index contributed by atoms with van der Waals surface area (Å²) in [6.07, 6.45) is 8.02. The van der Waals surface area contributed by atoms with Gasteiger partial charge in [0, 0.05) is 42.7 Å². The summed E-state index contributed by atoms with van der Waals surface area (Å²) in [4.78, 5) is 18.5. The van der Waals surface area contributed by atoms with E-state index in [0.29, 0.717) is 39.8 Å². The highest BCUT2D eigenvalue weighted by Gasteiger charge is 2.33. The normalized spacial score (nSPS) is 16.6. The molecule has 10 nitrogen and oxygen atoms in total. The molecule has 1 aromatic heterocycles. The number of aliphatic hydroxyl groups is 1. The predicted octanol–water partition coefficient (Wildman–Crippen LogP) is 7.02. The topological polar surface area (TPSA) is 137 Å². The van der Waals surface area contributed by atoms with Gasteiger partial charge in [-0.25, -0.2) is 0 Å². The van der Waals surface area contributed by atoms with Gasteiger partial charge in [0.1, 0.15) is 41.6 Å². The number of ether oxygens (including phenoxy) is 3. The highest BCUT2D eigenvalue weighted by Crippen LogP contribution is 2.44. The number of aliphatic hydroxyl groups excluding tert-OH is 1. The smallest absolute Gasteiger partial charge is 0.326 e. The molecule has 2 unspecified atom stereocenters. The number of carboxylic acid groups (broad SMARTS) is 1. The number of nitrogens with zero attached hydrogens (tertiary/aromatic N) is 3. The summed E-state index contributed by atoms with van der Waals surface area (Å²) in [5.74, 6) is 0.564. The molecule has 4 aromatic rings. The van der Waals surface area contributed by atoms with E-state index in [0.717, 1.165) is 48.2 Å². The molecule has 2 atom stereocenters. The number of hydrogen-bond acceptors (Lipinski definition) is 9. The standard InChI is InChI=1S/C41H45ClN4O6/c1-27-31(8-6-11-36(27)50-17-7-16-46-14-3-4-15-46)32-9-5-10-34-33(32)12-13-37(34)52-39-20-38(51-25-29-18-28(21-43)22-44-23-29)30(19-35(39)42)24-45-41(2,26-47)40(48)49/h5-6,8-11,18-20,22-23,37,45,47H,3-4,7,12-17,24-26H2,1-2H3,(H,48,49). The zero-order chi connectivity index (χ0) is 36.7. The lowest BCUT2D eigenvalue weighted by molar-refractivity contribution is -0.145. The van der Waals surface area contributed by atoms with Crippen LogP contribution in [0.15, 0.2) is 67.0 Å². The number of benzene rings is 3. The molecule has 0 radical (unpaired) electrons. The van der Waals surface area contributed by atoms with Gasteiger partial charge >= 0.3 is 5.97 Å². The Kier molecular flexibility index (Phi) is 12.0. The Bertz CT molecular complexity index is 1940. The lowest BCUT2D eigenvalue weighted by Crippen LogP contribution is -2.52. The van der Waals surface area contributed by atoms with E-state index in [4.69, 9.17) is 25.8 Å². The molecule has 0 spiro atoms. The van der Waals surface area contributed by atoms with Crippen LogP contribution in [0.5, 0.6) is 17.2 Å². The van der Waals surface area contributed by atoms with E-state index in [1.54, 1.807) is 24.4 Å². The number of nitriles is 1. The molecule has 6 rings (SSSR count). The van der Waals surface area contributed by atoms with Gasteiger partial charge in [0.15, 0.2) is 0 Å². The quantitative estimate of drug-likeness (QED) is 0.103. The molecule has 272 valence electrons. The van der Waals surface area contributed by atoms with Crippen molar-refractivity contribution in [1.29, 1.82) is 5.26 Å². The third-order valence-corrected chi connectivity index (χ3v) is 10.3. The van der Waals surface area contributed by atoms with E-state index in [1.807, 2.05) is 6.07 Å². The van der Waals surface area contributed by atoms with Gasteiger partial charge < -0.3 is 29.3 Å². The summed E-state index contributed by atoms with van der Waals surface area (Å²) in [5.41, 5.74) is 5.85. The van der Waals surface area contributed by atoms with Crippen molar-refractivity contribution in [1.82, 2.24) is 15.2 Å². The number of hydrogen-bond donors (Lipinski definition) is 3. The molecule has 0 amide bonds. The van der Waals surface area contributed by atoms with Crippen molar-refractivity contribution >= 4 is 17.6 Å². The molecular formula is C41H45ClN4O6. The number of likely N-dealkylation sites (tertiary alicyclic amines) is 1. The second kappa shape index (κ2) is 16.8. The fraction of sp³-hybridized carbons (Fsp3) is 0.390. The van der Waals surface area contributed by atoms with Crippen molar-refractivity contribution in [3.63, 3.8) is 0 Å². The lowest BCUT2D eigenvalue weighted by Gasteiger charge is -2.25. The van der Waals surface area contributed by atoms with Crippen molar-refractivity contribution < 1.29 is 29.2 Å². The SMILES string of the molecule is Cc1c(OCCCN2CCCC2)cccc1-c1cccc2c1CCC2Oc1cc(OCc2cncc(C#N)c2)c(CNC(C)(CO)C(=O)O)cc1Cl. The predicted molar refractivity (Wildman–Crippen MR) is 199 cm³/mol. The Balaban J connectivity index is 1.22. The second-order valence-electron chi connectivity index (χ2n) is 13.7. The van der Waals surface area contributed by atoms with Crippen LogP contribution in [0.1, 0.15) is 72.1 Å². The van der Waals surface area contributed by atoms with Gasteiger partial charge in [0.05, 0.1) is 23.8 Å². The minimum atomic E-state index is -1.58. The van der Waals surface area contributed by atoms with Gasteiger partial charge in [-0.2, -0.15) is 5.26 Å². The van der Waals surface area contributed by atoms with Crippen LogP contribution in [0.2, 0.25) is 5.02 Å². The molecule has 1 saturated heterocycles. The van der Waals surface area contributed by atoms with Gasteiger partial charge in [0.25, 0.3) is 0 Å². The average Bonchev–Trinajstić information content (AvgIpc) is 3.83. The van der Waals surface area contributed by atoms with E-state index in [-0.39, 0.29) is 19.3 Å². The van der Waals surface area contributed by atoms with Gasteiger partial charge in [-0.15, -0.1) is 0 Å². The van der Waals surface area contributed by atoms with Crippen LogP contribution in [0.3, 0.4) is 0 Å². The van der Waals surface area contributed by atoms with Gasteiger partial charge in [-0.05, 0) is 105 Å². The maximum Gasteiger partial charge on any atom is 0.326 e. The summed E-state index contributed by atoms with van der Waals surface area (Å²) >= 11 is 6.83. The molecule has 1 fully saturated rings. The van der Waals surface area contributed by atoms with Gasteiger partial charge in [-0.3, -0.25) is 15.1 Å². The molecule has 3 N–H and O–H groups in total. The first-order valence-corrected chi connectivity index (χ1v) is 18.2. The highest BCUT2D eigenvalue weighted by atomic mass is 35.5. The average molecular weight is 725 g/mol. The number of rotatable bonds is 16. The van der Waals surface area contributed by atoms with Crippen LogP contribution in [-0.2, 0) is 24.4 Å². The maximum absolute atomic E-state index is 11.8. The number of pyridine rings is 1. The molecular weight excluding hydrogens is 680 g/mol. The fourth-order valence-electron chi connectivity index (χ4n) is 6.90. The Hall–Kier alpha value is -4.66. The highest BCUT2D eigenvalue weighted by molar-refractivity contribution is 6.32. The Labute approximate surface area is 309 Å². The Morgan fingerprint density at radius 3 is 2.63 bits per heavy atom. The number of aliphatic carboxylic acids is 1. The second-order valence-corrected chi connectivity index (χ2v) is 14.1. The summed E-state index contributed by atoms with van der Waals surface area (Å²) in [5, 5.41) is 32.0. The minimum Gasteiger partial charge on any atom is -0.493 e. The monoisotopic (exact) mass is 724 g/mol. The zero-order valence-electron chi connectivity index (χ0n) is 29.7. The van der Waals surface area contributed by atoms with Crippen molar-refractivity contribution in [3.8, 4) is 34.4 Å². The molecule has 0 saturated carbocycles. The molecule has 0 bridgehead atoms. The number of fused-ring (bicyclic) bond motifs is 1. The summed E-state index contributed by atoms with van der Waals surface area (Å²) in [7, 11) is 0. The lowest BCUT2D eigenvalue weighted by atomic mass is 9.93. The van der Waals surface area contributed by atoms with E-state index in [1.165, 1.54) is 50.2 Å². The van der Waals surface area contributed by atoms with Crippen molar-refractivity contribution in [3.05, 3.63) is 105 Å². The minimum absolute atomic E-state index is 0.0470. The molecule has 52 heavy (non-hydrogen) atoms. The Morgan fingerprint density at radius 1 is 1.08 bits per heavy atom. The third-order valence-electron chi connectivity index (χ3n) is 10.0. The molecule has 11 heteroatoms. The van der Waals surface area contributed by atoms with Gasteiger partial charge in [-0.1, -0.05) is 41.9 Å². The van der Waals surface area contributed by atoms with Crippen LogP contribution >= 0.6 is 11.6 Å². The summed E-state index contributed by atoms with van der Waals surface area (Å²) in [6, 6.07) is 19.8. The van der Waals surface area contributed by atoms with Crippen LogP contribution in [0.4, 0.5) is 0 Å². The van der Waals surface area contributed by atoms with Crippen LogP contribution < -0.4 is 19.5 Å². The zero-order valence-corrected chi connectivity index (χ0v) is 30.4. The molecule has 3 aromatic carbocycles. The summed E-state index contributed by atoms with van der Waals surface area (Å²) < 4.78 is 19.1. The molecule has 1 aliphatic carbocycles. The first-order valence-electron chi connectivity index (χ1n) is 17.8. The van der Waals surface area contributed by atoms with E-state index >= 15 is 0 Å². The van der Waals surface area contributed by atoms with E-state index < -0.39 is 18.1 Å². The molecule has 1 aliphatic heterocycles. The van der Waals surface area contributed by atoms with Crippen molar-refractivity contribution in [2.45, 2.75) is 70.7 Å². The number of aromatic nitrogens is 1. The van der Waals surface area contributed by atoms with Crippen molar-refractivity contribution in [2.24, 2.45) is 0 Å². The summed E-state index contributed by atoms with van der Waals surface area (Å²) in [6.45, 7) is 7.21. The van der Waals surface area contributed by atoms with Crippen LogP contribution in [-0.4, -0.2) is 64.5 Å². The van der Waals surface area contributed by atoms with Crippen LogP contribution in [0, 0.1) is 18.3 Å². The molecule has 2 aliphatic rings. The fourth-order valence-corrected chi connectivity index (χ4v) is 7.13.